The molecule has 1 aromatic carbocycles. The van der Waals surface area contributed by atoms with Crippen LogP contribution in [0.5, 0.6) is 5.75 Å². The Balaban J connectivity index is 1.58. The summed E-state index contributed by atoms with van der Waals surface area (Å²) in [4.78, 5) is 26.6. The van der Waals surface area contributed by atoms with E-state index < -0.39 is 5.41 Å². The standard InChI is InChI=1S/C19H27N3O4/c20-14-19(6-10-25-11-7-19)18(24)21-15-4-3-5-16(12-15)26-13-17(23)22-8-1-2-9-22/h3-5,12H,1-2,6-11,13-14,20H2,(H,21,24). The highest BCUT2D eigenvalue weighted by Crippen LogP contribution is 2.31. The van der Waals surface area contributed by atoms with Crippen LogP contribution in [0.2, 0.25) is 0 Å². The predicted molar refractivity (Wildman–Crippen MR) is 97.9 cm³/mol. The molecule has 2 fully saturated rings. The molecule has 2 heterocycles. The molecule has 0 saturated carbocycles. The van der Waals surface area contributed by atoms with Crippen molar-refractivity contribution >= 4 is 17.5 Å². The molecule has 7 nitrogen and oxygen atoms in total. The van der Waals surface area contributed by atoms with E-state index in [1.807, 2.05) is 4.90 Å². The minimum atomic E-state index is -0.583. The largest absolute Gasteiger partial charge is 0.484 e. The number of benzene rings is 1. The first-order chi connectivity index (χ1) is 12.6. The Hall–Kier alpha value is -2.12. The van der Waals surface area contributed by atoms with Crippen molar-refractivity contribution in [2.75, 3.05) is 44.8 Å². The molecule has 3 N–H and O–H groups in total. The van der Waals surface area contributed by atoms with Gasteiger partial charge in [0.05, 0.1) is 5.41 Å². The second kappa shape index (κ2) is 8.51. The summed E-state index contributed by atoms with van der Waals surface area (Å²) >= 11 is 0. The van der Waals surface area contributed by atoms with Crippen LogP contribution in [-0.4, -0.2) is 56.2 Å². The van der Waals surface area contributed by atoms with E-state index in [9.17, 15) is 9.59 Å². The first-order valence-electron chi connectivity index (χ1n) is 9.23. The van der Waals surface area contributed by atoms with Crippen molar-refractivity contribution in [3.05, 3.63) is 24.3 Å². The summed E-state index contributed by atoms with van der Waals surface area (Å²) < 4.78 is 11.0. The predicted octanol–water partition coefficient (Wildman–Crippen LogP) is 1.38. The molecule has 26 heavy (non-hydrogen) atoms. The van der Waals surface area contributed by atoms with E-state index in [-0.39, 0.29) is 18.4 Å². The third kappa shape index (κ3) is 4.34. The molecule has 0 unspecified atom stereocenters. The minimum absolute atomic E-state index is 0.00114. The molecule has 3 rings (SSSR count). The van der Waals surface area contributed by atoms with E-state index in [4.69, 9.17) is 15.2 Å². The summed E-state index contributed by atoms with van der Waals surface area (Å²) in [7, 11) is 0. The van der Waals surface area contributed by atoms with E-state index in [1.165, 1.54) is 0 Å². The van der Waals surface area contributed by atoms with Gasteiger partial charge in [-0.25, -0.2) is 0 Å². The molecule has 142 valence electrons. The smallest absolute Gasteiger partial charge is 0.260 e. The van der Waals surface area contributed by atoms with E-state index in [1.54, 1.807) is 24.3 Å². The van der Waals surface area contributed by atoms with Gasteiger partial charge in [-0.2, -0.15) is 0 Å². The summed E-state index contributed by atoms with van der Waals surface area (Å²) in [6, 6.07) is 7.11. The van der Waals surface area contributed by atoms with E-state index >= 15 is 0 Å². The molecule has 2 amide bonds. The lowest BCUT2D eigenvalue weighted by Gasteiger charge is -2.34. The third-order valence-electron chi connectivity index (χ3n) is 5.24. The van der Waals surface area contributed by atoms with Crippen molar-refractivity contribution in [2.45, 2.75) is 25.7 Å². The number of amides is 2. The van der Waals surface area contributed by atoms with Crippen molar-refractivity contribution in [3.8, 4) is 5.75 Å². The Bertz CT molecular complexity index is 637. The maximum atomic E-state index is 12.7. The van der Waals surface area contributed by atoms with E-state index in [0.29, 0.717) is 44.0 Å². The summed E-state index contributed by atoms with van der Waals surface area (Å²) in [5, 5.41) is 2.94. The zero-order valence-corrected chi connectivity index (χ0v) is 15.0. The number of rotatable bonds is 6. The fraction of sp³-hybridized carbons (Fsp3) is 0.579. The molecule has 2 aliphatic heterocycles. The quantitative estimate of drug-likeness (QED) is 0.798. The number of nitrogens with two attached hydrogens (primary N) is 1. The Labute approximate surface area is 153 Å². The lowest BCUT2D eigenvalue weighted by molar-refractivity contribution is -0.132. The number of likely N-dealkylation sites (tertiary alicyclic amines) is 1. The fourth-order valence-corrected chi connectivity index (χ4v) is 3.42. The normalized spacial score (nSPS) is 19.2. The molecular weight excluding hydrogens is 334 g/mol. The summed E-state index contributed by atoms with van der Waals surface area (Å²) in [5.74, 6) is 0.471. The molecule has 0 aliphatic carbocycles. The maximum Gasteiger partial charge on any atom is 0.260 e. The Morgan fingerprint density at radius 3 is 2.65 bits per heavy atom. The summed E-state index contributed by atoms with van der Waals surface area (Å²) in [6.07, 6.45) is 3.36. The van der Waals surface area contributed by atoms with Crippen molar-refractivity contribution in [3.63, 3.8) is 0 Å². The van der Waals surface area contributed by atoms with Crippen molar-refractivity contribution in [2.24, 2.45) is 11.1 Å². The zero-order valence-electron chi connectivity index (χ0n) is 15.0. The van der Waals surface area contributed by atoms with Gasteiger partial charge in [-0.1, -0.05) is 6.07 Å². The molecule has 1 aromatic rings. The number of carbonyl (C=O) groups is 2. The molecule has 0 spiro atoms. The van der Waals surface area contributed by atoms with Gasteiger partial charge in [0.15, 0.2) is 6.61 Å². The Morgan fingerprint density at radius 2 is 1.96 bits per heavy atom. The van der Waals surface area contributed by atoms with Gasteiger partial charge < -0.3 is 25.4 Å². The molecule has 0 aromatic heterocycles. The van der Waals surface area contributed by atoms with Crippen LogP contribution in [0.15, 0.2) is 24.3 Å². The van der Waals surface area contributed by atoms with Crippen molar-refractivity contribution in [1.82, 2.24) is 4.90 Å². The van der Waals surface area contributed by atoms with Crippen LogP contribution in [0.4, 0.5) is 5.69 Å². The summed E-state index contributed by atoms with van der Waals surface area (Å²) in [6.45, 7) is 3.02. The lowest BCUT2D eigenvalue weighted by atomic mass is 9.79. The van der Waals surface area contributed by atoms with Gasteiger partial charge in [0.2, 0.25) is 5.91 Å². The van der Waals surface area contributed by atoms with Crippen LogP contribution >= 0.6 is 0 Å². The number of nitrogens with one attached hydrogen (secondary N) is 1. The number of ether oxygens (including phenoxy) is 2. The molecule has 7 heteroatoms. The molecule has 0 bridgehead atoms. The van der Waals surface area contributed by atoms with Crippen LogP contribution in [-0.2, 0) is 14.3 Å². The highest BCUT2D eigenvalue weighted by Gasteiger charge is 2.38. The first-order valence-corrected chi connectivity index (χ1v) is 9.23. The highest BCUT2D eigenvalue weighted by atomic mass is 16.5. The molecule has 2 aliphatic rings. The van der Waals surface area contributed by atoms with Gasteiger partial charge in [-0.15, -0.1) is 0 Å². The van der Waals surface area contributed by atoms with Gasteiger partial charge >= 0.3 is 0 Å². The SMILES string of the molecule is NCC1(C(=O)Nc2cccc(OCC(=O)N3CCCC3)c2)CCOCC1. The maximum absolute atomic E-state index is 12.7. The van der Waals surface area contributed by atoms with Crippen molar-refractivity contribution < 1.29 is 19.1 Å². The minimum Gasteiger partial charge on any atom is -0.484 e. The third-order valence-corrected chi connectivity index (χ3v) is 5.24. The van der Waals surface area contributed by atoms with Gasteiger partial charge in [-0.05, 0) is 37.8 Å². The second-order valence-electron chi connectivity index (χ2n) is 6.96. The monoisotopic (exact) mass is 361 g/mol. The highest BCUT2D eigenvalue weighted by molar-refractivity contribution is 5.95. The van der Waals surface area contributed by atoms with Crippen LogP contribution in [0.25, 0.3) is 0 Å². The van der Waals surface area contributed by atoms with Crippen LogP contribution in [0.1, 0.15) is 25.7 Å². The zero-order chi connectivity index (χ0) is 18.4. The fourth-order valence-electron chi connectivity index (χ4n) is 3.42. The molecule has 0 radical (unpaired) electrons. The molecule has 2 saturated heterocycles. The Morgan fingerprint density at radius 1 is 1.23 bits per heavy atom. The number of carbonyl (C=O) groups excluding carboxylic acids is 2. The van der Waals surface area contributed by atoms with Crippen LogP contribution in [0.3, 0.4) is 0 Å². The lowest BCUT2D eigenvalue weighted by Crippen LogP contribution is -2.46. The number of hydrogen-bond acceptors (Lipinski definition) is 5. The van der Waals surface area contributed by atoms with Gasteiger partial charge in [0.25, 0.3) is 5.91 Å². The first kappa shape index (κ1) is 18.7. The topological polar surface area (TPSA) is 93.9 Å². The summed E-state index contributed by atoms with van der Waals surface area (Å²) in [5.41, 5.74) is 5.94. The number of hydrogen-bond donors (Lipinski definition) is 2. The average molecular weight is 361 g/mol. The Kier molecular flexibility index (Phi) is 6.11. The second-order valence-corrected chi connectivity index (χ2v) is 6.96. The average Bonchev–Trinajstić information content (AvgIpc) is 3.22. The van der Waals surface area contributed by atoms with Gasteiger partial charge in [-0.3, -0.25) is 9.59 Å². The molecule has 0 atom stereocenters. The van der Waals surface area contributed by atoms with Crippen LogP contribution in [0, 0.1) is 5.41 Å². The van der Waals surface area contributed by atoms with E-state index in [2.05, 4.69) is 5.32 Å². The van der Waals surface area contributed by atoms with E-state index in [0.717, 1.165) is 25.9 Å². The van der Waals surface area contributed by atoms with Gasteiger partial charge in [0.1, 0.15) is 5.75 Å². The molecular formula is C19H27N3O4. The van der Waals surface area contributed by atoms with Crippen molar-refractivity contribution in [1.29, 1.82) is 0 Å². The number of anilines is 1. The van der Waals surface area contributed by atoms with Gasteiger partial charge in [0, 0.05) is 44.6 Å². The number of nitrogens with zero attached hydrogens (tertiary/aromatic N) is 1. The van der Waals surface area contributed by atoms with Crippen LogP contribution < -0.4 is 15.8 Å².